The first-order valence-electron chi connectivity index (χ1n) is 8.33. The van der Waals surface area contributed by atoms with Gasteiger partial charge in [-0.2, -0.15) is 0 Å². The van der Waals surface area contributed by atoms with E-state index in [0.717, 1.165) is 19.3 Å². The molecule has 1 saturated heterocycles. The quantitative estimate of drug-likeness (QED) is 0.744. The number of amides is 2. The van der Waals surface area contributed by atoms with Gasteiger partial charge in [0.2, 0.25) is 11.8 Å². The predicted octanol–water partition coefficient (Wildman–Crippen LogP) is 1.30. The van der Waals surface area contributed by atoms with E-state index in [0.29, 0.717) is 37.9 Å². The highest BCUT2D eigenvalue weighted by Gasteiger charge is 2.38. The number of hydrogen-bond acceptors (Lipinski definition) is 3. The summed E-state index contributed by atoms with van der Waals surface area (Å²) in [6.07, 6.45) is 6.60. The van der Waals surface area contributed by atoms with Crippen molar-refractivity contribution in [3.8, 4) is 0 Å². The minimum absolute atomic E-state index is 0.000219. The first-order valence-corrected chi connectivity index (χ1v) is 8.33. The molecule has 0 spiro atoms. The van der Waals surface area contributed by atoms with Gasteiger partial charge in [-0.05, 0) is 25.2 Å². The van der Waals surface area contributed by atoms with Crippen LogP contribution < -0.4 is 5.32 Å². The maximum Gasteiger partial charge on any atom is 0.225 e. The smallest absolute Gasteiger partial charge is 0.225 e. The van der Waals surface area contributed by atoms with Crippen molar-refractivity contribution in [1.29, 1.82) is 0 Å². The first-order chi connectivity index (χ1) is 10.2. The first kappa shape index (κ1) is 16.3. The Hall–Kier alpha value is -1.10. The van der Waals surface area contributed by atoms with Crippen molar-refractivity contribution in [2.24, 2.45) is 11.8 Å². The Balaban J connectivity index is 1.79. The van der Waals surface area contributed by atoms with E-state index in [1.165, 1.54) is 12.8 Å². The van der Waals surface area contributed by atoms with Crippen LogP contribution >= 0.6 is 0 Å². The van der Waals surface area contributed by atoms with Gasteiger partial charge >= 0.3 is 0 Å². The molecule has 0 radical (unpaired) electrons. The lowest BCUT2D eigenvalue weighted by Crippen LogP contribution is -2.38. The van der Waals surface area contributed by atoms with Gasteiger partial charge in [-0.3, -0.25) is 9.59 Å². The third-order valence-corrected chi connectivity index (χ3v) is 4.97. The minimum atomic E-state index is -0.190. The van der Waals surface area contributed by atoms with Gasteiger partial charge < -0.3 is 15.3 Å². The van der Waals surface area contributed by atoms with Crippen molar-refractivity contribution in [3.63, 3.8) is 0 Å². The van der Waals surface area contributed by atoms with Crippen LogP contribution in [0.15, 0.2) is 0 Å². The van der Waals surface area contributed by atoms with Gasteiger partial charge in [0.15, 0.2) is 0 Å². The molecular formula is C16H28N2O3. The molecule has 1 saturated carbocycles. The third kappa shape index (κ3) is 4.19. The summed E-state index contributed by atoms with van der Waals surface area (Å²) in [4.78, 5) is 26.2. The number of hydrogen-bond donors (Lipinski definition) is 2. The molecule has 2 atom stereocenters. The van der Waals surface area contributed by atoms with Gasteiger partial charge in [0.25, 0.3) is 0 Å². The van der Waals surface area contributed by atoms with Crippen LogP contribution in [0.5, 0.6) is 0 Å². The SMILES string of the molecule is CCC(CCO)CNC(=O)C1CC(=O)N(C2CCCC2)C1. The Morgan fingerprint density at radius 1 is 1.43 bits per heavy atom. The summed E-state index contributed by atoms with van der Waals surface area (Å²) in [6.45, 7) is 3.41. The van der Waals surface area contributed by atoms with Crippen LogP contribution in [-0.4, -0.2) is 47.6 Å². The fourth-order valence-electron chi connectivity index (χ4n) is 3.50. The summed E-state index contributed by atoms with van der Waals surface area (Å²) in [5.74, 6) is 0.274. The molecule has 1 aliphatic heterocycles. The molecule has 5 heteroatoms. The highest BCUT2D eigenvalue weighted by atomic mass is 16.3. The Morgan fingerprint density at radius 3 is 2.76 bits per heavy atom. The van der Waals surface area contributed by atoms with E-state index in [1.54, 1.807) is 0 Å². The van der Waals surface area contributed by atoms with Crippen molar-refractivity contribution in [3.05, 3.63) is 0 Å². The number of nitrogens with one attached hydrogen (secondary N) is 1. The van der Waals surface area contributed by atoms with E-state index in [-0.39, 0.29) is 24.3 Å². The minimum Gasteiger partial charge on any atom is -0.396 e. The zero-order valence-corrected chi connectivity index (χ0v) is 13.0. The molecule has 1 heterocycles. The number of nitrogens with zero attached hydrogens (tertiary/aromatic N) is 1. The maximum atomic E-state index is 12.2. The standard InChI is InChI=1S/C16H28N2O3/c1-2-12(7-8-19)10-17-16(21)13-9-15(20)18(11-13)14-5-3-4-6-14/h12-14,19H,2-11H2,1H3,(H,17,21). The highest BCUT2D eigenvalue weighted by molar-refractivity contribution is 5.89. The second kappa shape index (κ2) is 7.78. The Kier molecular flexibility index (Phi) is 6.03. The molecule has 2 aliphatic rings. The Morgan fingerprint density at radius 2 is 2.14 bits per heavy atom. The number of carbonyl (C=O) groups excluding carboxylic acids is 2. The van der Waals surface area contributed by atoms with Gasteiger partial charge in [-0.1, -0.05) is 26.2 Å². The van der Waals surface area contributed by atoms with Crippen LogP contribution in [0.4, 0.5) is 0 Å². The number of carbonyl (C=O) groups is 2. The molecule has 0 aromatic rings. The van der Waals surface area contributed by atoms with Crippen LogP contribution in [0.3, 0.4) is 0 Å². The molecule has 21 heavy (non-hydrogen) atoms. The van der Waals surface area contributed by atoms with Crippen LogP contribution in [-0.2, 0) is 9.59 Å². The molecule has 0 aromatic heterocycles. The van der Waals surface area contributed by atoms with Crippen molar-refractivity contribution in [2.45, 2.75) is 57.9 Å². The van der Waals surface area contributed by atoms with Gasteiger partial charge in [0.05, 0.1) is 5.92 Å². The number of aliphatic hydroxyl groups excluding tert-OH is 1. The lowest BCUT2D eigenvalue weighted by atomic mass is 10.0. The summed E-state index contributed by atoms with van der Waals surface area (Å²) in [5.41, 5.74) is 0. The van der Waals surface area contributed by atoms with Gasteiger partial charge in [0, 0.05) is 32.2 Å². The monoisotopic (exact) mass is 296 g/mol. The predicted molar refractivity (Wildman–Crippen MR) is 80.6 cm³/mol. The molecular weight excluding hydrogens is 268 g/mol. The molecule has 5 nitrogen and oxygen atoms in total. The summed E-state index contributed by atoms with van der Waals surface area (Å²) < 4.78 is 0. The van der Waals surface area contributed by atoms with E-state index < -0.39 is 0 Å². The molecule has 0 aromatic carbocycles. The van der Waals surface area contributed by atoms with E-state index in [1.807, 2.05) is 4.90 Å². The molecule has 2 amide bonds. The van der Waals surface area contributed by atoms with E-state index >= 15 is 0 Å². The normalized spacial score (nSPS) is 24.6. The highest BCUT2D eigenvalue weighted by Crippen LogP contribution is 2.29. The molecule has 2 unspecified atom stereocenters. The molecule has 0 bridgehead atoms. The van der Waals surface area contributed by atoms with Gasteiger partial charge in [-0.25, -0.2) is 0 Å². The number of aliphatic hydroxyl groups is 1. The topological polar surface area (TPSA) is 69.6 Å². The molecule has 120 valence electrons. The van der Waals surface area contributed by atoms with Crippen LogP contribution in [0.2, 0.25) is 0 Å². The third-order valence-electron chi connectivity index (χ3n) is 4.97. The molecule has 2 rings (SSSR count). The average molecular weight is 296 g/mol. The summed E-state index contributed by atoms with van der Waals surface area (Å²) in [7, 11) is 0. The zero-order chi connectivity index (χ0) is 15.2. The Labute approximate surface area is 127 Å². The van der Waals surface area contributed by atoms with Crippen LogP contribution in [0.25, 0.3) is 0 Å². The van der Waals surface area contributed by atoms with E-state index in [2.05, 4.69) is 12.2 Å². The fraction of sp³-hybridized carbons (Fsp3) is 0.875. The van der Waals surface area contributed by atoms with Crippen LogP contribution in [0, 0.1) is 11.8 Å². The van der Waals surface area contributed by atoms with Crippen molar-refractivity contribution in [1.82, 2.24) is 10.2 Å². The summed E-state index contributed by atoms with van der Waals surface area (Å²) in [5, 5.41) is 11.9. The molecule has 2 N–H and O–H groups in total. The summed E-state index contributed by atoms with van der Waals surface area (Å²) in [6, 6.07) is 0.369. The second-order valence-corrected chi connectivity index (χ2v) is 6.42. The average Bonchev–Trinajstić information content (AvgIpc) is 3.12. The van der Waals surface area contributed by atoms with Gasteiger partial charge in [0.1, 0.15) is 0 Å². The largest absolute Gasteiger partial charge is 0.396 e. The number of rotatable bonds is 7. The van der Waals surface area contributed by atoms with Crippen LogP contribution in [0.1, 0.15) is 51.9 Å². The second-order valence-electron chi connectivity index (χ2n) is 6.42. The lowest BCUT2D eigenvalue weighted by Gasteiger charge is -2.24. The molecule has 1 aliphatic carbocycles. The van der Waals surface area contributed by atoms with E-state index in [9.17, 15) is 9.59 Å². The van der Waals surface area contributed by atoms with Crippen molar-refractivity contribution < 1.29 is 14.7 Å². The summed E-state index contributed by atoms with van der Waals surface area (Å²) >= 11 is 0. The van der Waals surface area contributed by atoms with Gasteiger partial charge in [-0.15, -0.1) is 0 Å². The fourth-order valence-corrected chi connectivity index (χ4v) is 3.50. The lowest BCUT2D eigenvalue weighted by molar-refractivity contribution is -0.130. The van der Waals surface area contributed by atoms with Crippen molar-refractivity contribution in [2.75, 3.05) is 19.7 Å². The van der Waals surface area contributed by atoms with E-state index in [4.69, 9.17) is 5.11 Å². The number of likely N-dealkylation sites (tertiary alicyclic amines) is 1. The Bertz CT molecular complexity index is 367. The van der Waals surface area contributed by atoms with Crippen molar-refractivity contribution >= 4 is 11.8 Å². The zero-order valence-electron chi connectivity index (χ0n) is 13.0. The maximum absolute atomic E-state index is 12.2. The molecule has 2 fully saturated rings.